The van der Waals surface area contributed by atoms with Crippen molar-refractivity contribution in [3.8, 4) is 17.1 Å². The highest BCUT2D eigenvalue weighted by Gasteiger charge is 2.55. The molecule has 0 atom stereocenters. The molecule has 4 rings (SSSR count). The van der Waals surface area contributed by atoms with E-state index in [0.29, 0.717) is 37.5 Å². The lowest BCUT2D eigenvalue weighted by molar-refractivity contribution is -0.146. The van der Waals surface area contributed by atoms with Gasteiger partial charge in [-0.15, -0.1) is 0 Å². The third-order valence-electron chi connectivity index (χ3n) is 7.42. The Morgan fingerprint density at radius 1 is 1.16 bits per heavy atom. The summed E-state index contributed by atoms with van der Waals surface area (Å²) in [6.07, 6.45) is 1.49. The molecule has 3 heterocycles. The number of ketones is 1. The van der Waals surface area contributed by atoms with Crippen molar-refractivity contribution in [1.29, 1.82) is 0 Å². The van der Waals surface area contributed by atoms with Gasteiger partial charge in [0, 0.05) is 50.8 Å². The number of piperidine rings is 1. The molecular weight excluding hydrogens is 512 g/mol. The van der Waals surface area contributed by atoms with Crippen LogP contribution in [-0.2, 0) is 29.1 Å². The first-order chi connectivity index (χ1) is 18.2. The van der Waals surface area contributed by atoms with E-state index < -0.39 is 33.1 Å². The Kier molecular flexibility index (Phi) is 8.81. The Hall–Kier alpha value is -2.86. The fourth-order valence-corrected chi connectivity index (χ4v) is 7.37. The number of nitrogens with zero attached hydrogens (tertiary/aromatic N) is 2. The monoisotopic (exact) mass is 546 g/mol. The van der Waals surface area contributed by atoms with Crippen molar-refractivity contribution in [3.63, 3.8) is 0 Å². The molecule has 2 saturated heterocycles. The van der Waals surface area contributed by atoms with Crippen molar-refractivity contribution in [1.82, 2.24) is 9.29 Å². The fraction of sp³-hybridized carbons (Fsp3) is 0.519. The molecule has 0 amide bonds. The molecule has 10 nitrogen and oxygen atoms in total. The molecule has 0 bridgehead atoms. The molecule has 38 heavy (non-hydrogen) atoms. The van der Waals surface area contributed by atoms with Crippen LogP contribution in [0.5, 0.6) is 5.88 Å². The molecule has 2 aliphatic rings. The van der Waals surface area contributed by atoms with Crippen LogP contribution in [0.3, 0.4) is 0 Å². The van der Waals surface area contributed by atoms with Crippen molar-refractivity contribution >= 4 is 21.8 Å². The third kappa shape index (κ3) is 5.61. The van der Waals surface area contributed by atoms with Gasteiger partial charge in [-0.1, -0.05) is 24.3 Å². The quantitative estimate of drug-likeness (QED) is 0.470. The molecule has 2 aliphatic heterocycles. The first-order valence-electron chi connectivity index (χ1n) is 12.7. The molecule has 11 heteroatoms. The number of hydrogen-bond acceptors (Lipinski definition) is 9. The topological polar surface area (TPSA) is 132 Å². The number of rotatable bonds is 9. The number of sulfonamides is 1. The van der Waals surface area contributed by atoms with Gasteiger partial charge in [-0.05, 0) is 42.9 Å². The summed E-state index contributed by atoms with van der Waals surface area (Å²) in [7, 11) is -2.68. The van der Waals surface area contributed by atoms with Gasteiger partial charge in [-0.2, -0.15) is 0 Å². The molecule has 1 N–H and O–H groups in total. The number of benzene rings is 1. The van der Waals surface area contributed by atoms with E-state index in [9.17, 15) is 18.0 Å². The van der Waals surface area contributed by atoms with Crippen LogP contribution in [0.2, 0.25) is 0 Å². The highest BCUT2D eigenvalue weighted by atomic mass is 32.2. The number of methoxy groups -OCH3 is 1. The first kappa shape index (κ1) is 28.2. The Balaban J connectivity index is 1.45. The van der Waals surface area contributed by atoms with E-state index in [4.69, 9.17) is 19.3 Å². The second-order valence-electron chi connectivity index (χ2n) is 9.70. The van der Waals surface area contributed by atoms with Crippen molar-refractivity contribution < 1.29 is 37.3 Å². The van der Waals surface area contributed by atoms with Gasteiger partial charge in [0.25, 0.3) is 0 Å². The number of carbonyl (C=O) groups is 2. The van der Waals surface area contributed by atoms with Crippen molar-refractivity contribution in [2.45, 2.75) is 43.3 Å². The Labute approximate surface area is 223 Å². The second-order valence-corrected chi connectivity index (χ2v) is 11.9. The minimum absolute atomic E-state index is 0.0978. The van der Waals surface area contributed by atoms with Crippen LogP contribution >= 0.6 is 0 Å². The Bertz CT molecular complexity index is 1270. The standard InChI is InChI=1S/C27H34N2O8S/c1-19-16-21(6-7-23(19)24-4-3-5-25(28-24)37-18-22(31)17-30)20-8-12-29(13-9-20)38(33,34)27(26(32)35-2)10-14-36-15-11-27/h3-7,16,20,30H,8-15,17-18H2,1-2H3. The zero-order valence-corrected chi connectivity index (χ0v) is 22.5. The molecule has 1 aromatic heterocycles. The summed E-state index contributed by atoms with van der Waals surface area (Å²) in [5.74, 6) is -0.650. The molecular formula is C27H34N2O8S. The van der Waals surface area contributed by atoms with Gasteiger partial charge in [0.1, 0.15) is 6.61 Å². The lowest BCUT2D eigenvalue weighted by Crippen LogP contribution is -2.57. The van der Waals surface area contributed by atoms with Crippen molar-refractivity contribution in [3.05, 3.63) is 47.5 Å². The zero-order chi connectivity index (χ0) is 27.3. The SMILES string of the molecule is COC(=O)C1(S(=O)(=O)N2CCC(c3ccc(-c4cccc(OCC(=O)CO)n4)c(C)c3)CC2)CCOCC1. The van der Waals surface area contributed by atoms with Crippen molar-refractivity contribution in [2.75, 3.05) is 46.6 Å². The van der Waals surface area contributed by atoms with E-state index >= 15 is 0 Å². The molecule has 0 spiro atoms. The van der Waals surface area contributed by atoms with Gasteiger partial charge < -0.3 is 19.3 Å². The summed E-state index contributed by atoms with van der Waals surface area (Å²) in [5, 5.41) is 8.87. The van der Waals surface area contributed by atoms with E-state index in [2.05, 4.69) is 11.1 Å². The van der Waals surface area contributed by atoms with Crippen LogP contribution in [0, 0.1) is 6.92 Å². The highest BCUT2D eigenvalue weighted by molar-refractivity contribution is 7.91. The molecule has 206 valence electrons. The zero-order valence-electron chi connectivity index (χ0n) is 21.7. The predicted molar refractivity (Wildman–Crippen MR) is 139 cm³/mol. The molecule has 0 unspecified atom stereocenters. The number of aliphatic hydroxyl groups is 1. The average molecular weight is 547 g/mol. The summed E-state index contributed by atoms with van der Waals surface area (Å²) >= 11 is 0. The van der Waals surface area contributed by atoms with Gasteiger partial charge in [0.2, 0.25) is 15.9 Å². The maximum absolute atomic E-state index is 13.6. The molecule has 1 aromatic carbocycles. The maximum atomic E-state index is 13.6. The second kappa shape index (κ2) is 11.9. The minimum Gasteiger partial charge on any atom is -0.470 e. The van der Waals surface area contributed by atoms with Gasteiger partial charge in [0.05, 0.1) is 12.8 Å². The Morgan fingerprint density at radius 3 is 2.50 bits per heavy atom. The van der Waals surface area contributed by atoms with Crippen LogP contribution in [0.4, 0.5) is 0 Å². The molecule has 2 fully saturated rings. The lowest BCUT2D eigenvalue weighted by Gasteiger charge is -2.40. The smallest absolute Gasteiger partial charge is 0.328 e. The van der Waals surface area contributed by atoms with E-state index in [-0.39, 0.29) is 38.6 Å². The molecule has 0 saturated carbocycles. The third-order valence-corrected chi connectivity index (χ3v) is 10.0. The average Bonchev–Trinajstić information content (AvgIpc) is 2.95. The van der Waals surface area contributed by atoms with Crippen LogP contribution in [0.1, 0.15) is 42.7 Å². The summed E-state index contributed by atoms with van der Waals surface area (Å²) in [4.78, 5) is 28.4. The van der Waals surface area contributed by atoms with E-state index in [1.54, 1.807) is 12.1 Å². The van der Waals surface area contributed by atoms with Crippen LogP contribution in [-0.4, -0.2) is 85.9 Å². The number of pyridine rings is 1. The van der Waals surface area contributed by atoms with Gasteiger partial charge in [-0.3, -0.25) is 9.59 Å². The number of carbonyl (C=O) groups excluding carboxylic acids is 2. The van der Waals surface area contributed by atoms with Crippen LogP contribution < -0.4 is 4.74 Å². The lowest BCUT2D eigenvalue weighted by atomic mass is 9.88. The first-order valence-corrected chi connectivity index (χ1v) is 14.1. The van der Waals surface area contributed by atoms with Gasteiger partial charge >= 0.3 is 5.97 Å². The number of aromatic nitrogens is 1. The maximum Gasteiger partial charge on any atom is 0.328 e. The number of esters is 1. The fourth-order valence-electron chi connectivity index (χ4n) is 5.20. The van der Waals surface area contributed by atoms with E-state index in [1.807, 2.05) is 25.1 Å². The summed E-state index contributed by atoms with van der Waals surface area (Å²) in [6, 6.07) is 11.4. The molecule has 0 radical (unpaired) electrons. The van der Waals surface area contributed by atoms with Crippen LogP contribution in [0.15, 0.2) is 36.4 Å². The summed E-state index contributed by atoms with van der Waals surface area (Å²) in [6.45, 7) is 2.26. The number of ether oxygens (including phenoxy) is 3. The number of aryl methyl sites for hydroxylation is 1. The molecule has 2 aromatic rings. The number of aliphatic hydroxyl groups excluding tert-OH is 1. The van der Waals surface area contributed by atoms with Gasteiger partial charge in [-0.25, -0.2) is 17.7 Å². The normalized spacial score (nSPS) is 18.6. The minimum atomic E-state index is -3.91. The number of Topliss-reactive ketones (excluding diaryl/α,β-unsaturated/α-hetero) is 1. The number of hydrogen-bond donors (Lipinski definition) is 1. The van der Waals surface area contributed by atoms with E-state index in [0.717, 1.165) is 16.7 Å². The van der Waals surface area contributed by atoms with Gasteiger partial charge in [0.15, 0.2) is 17.1 Å². The molecule has 0 aliphatic carbocycles. The largest absolute Gasteiger partial charge is 0.470 e. The van der Waals surface area contributed by atoms with E-state index in [1.165, 1.54) is 11.4 Å². The Morgan fingerprint density at radius 2 is 1.87 bits per heavy atom. The predicted octanol–water partition coefficient (Wildman–Crippen LogP) is 2.23. The van der Waals surface area contributed by atoms with Crippen LogP contribution in [0.25, 0.3) is 11.3 Å². The highest BCUT2D eigenvalue weighted by Crippen LogP contribution is 2.38. The van der Waals surface area contributed by atoms with Crippen molar-refractivity contribution in [2.24, 2.45) is 0 Å². The summed E-state index contributed by atoms with van der Waals surface area (Å²) in [5.41, 5.74) is 3.76. The summed E-state index contributed by atoms with van der Waals surface area (Å²) < 4.78 is 42.7.